The Bertz CT molecular complexity index is 300. The van der Waals surface area contributed by atoms with Gasteiger partial charge in [0.1, 0.15) is 0 Å². The molecular weight excluding hydrogens is 238 g/mol. The molecule has 0 bridgehead atoms. The summed E-state index contributed by atoms with van der Waals surface area (Å²) in [6.07, 6.45) is 4.75. The maximum absolute atomic E-state index is 12.6. The third-order valence-electron chi connectivity index (χ3n) is 4.86. The standard InChI is InChI=1S/C15H29N3O/c1-12-6-9-17(10-7-12)15(19)13(2)18-8-4-5-14(11-18)16-3/h12-14,16H,4-11H2,1-3H3. The Labute approximate surface area is 117 Å². The summed E-state index contributed by atoms with van der Waals surface area (Å²) in [5, 5.41) is 3.35. The van der Waals surface area contributed by atoms with Gasteiger partial charge in [-0.25, -0.2) is 0 Å². The zero-order valence-corrected chi connectivity index (χ0v) is 12.7. The second-order valence-electron chi connectivity index (χ2n) is 6.31. The molecular formula is C15H29N3O. The van der Waals surface area contributed by atoms with E-state index in [0.29, 0.717) is 11.9 Å². The van der Waals surface area contributed by atoms with Gasteiger partial charge < -0.3 is 10.2 Å². The third kappa shape index (κ3) is 3.69. The molecule has 2 unspecified atom stereocenters. The van der Waals surface area contributed by atoms with E-state index in [1.165, 1.54) is 12.8 Å². The van der Waals surface area contributed by atoms with Gasteiger partial charge in [0.25, 0.3) is 0 Å². The summed E-state index contributed by atoms with van der Waals surface area (Å²) < 4.78 is 0. The van der Waals surface area contributed by atoms with Crippen molar-refractivity contribution >= 4 is 5.91 Å². The van der Waals surface area contributed by atoms with Crippen LogP contribution < -0.4 is 5.32 Å². The molecule has 0 radical (unpaired) electrons. The smallest absolute Gasteiger partial charge is 0.239 e. The summed E-state index contributed by atoms with van der Waals surface area (Å²) in [5.41, 5.74) is 0. The lowest BCUT2D eigenvalue weighted by Crippen LogP contribution is -2.54. The van der Waals surface area contributed by atoms with Crippen LogP contribution in [-0.2, 0) is 4.79 Å². The maximum Gasteiger partial charge on any atom is 0.239 e. The van der Waals surface area contributed by atoms with Crippen LogP contribution in [0, 0.1) is 5.92 Å². The van der Waals surface area contributed by atoms with Crippen LogP contribution in [0.2, 0.25) is 0 Å². The van der Waals surface area contributed by atoms with E-state index in [1.54, 1.807) is 0 Å². The van der Waals surface area contributed by atoms with Gasteiger partial charge in [0.15, 0.2) is 0 Å². The Morgan fingerprint density at radius 2 is 1.89 bits per heavy atom. The fourth-order valence-corrected chi connectivity index (χ4v) is 3.24. The van der Waals surface area contributed by atoms with E-state index < -0.39 is 0 Å². The van der Waals surface area contributed by atoms with Gasteiger partial charge >= 0.3 is 0 Å². The molecule has 4 heteroatoms. The minimum absolute atomic E-state index is 0.0459. The van der Waals surface area contributed by atoms with E-state index in [4.69, 9.17) is 0 Å². The molecule has 2 fully saturated rings. The van der Waals surface area contributed by atoms with Crippen LogP contribution in [0.3, 0.4) is 0 Å². The normalized spacial score (nSPS) is 28.4. The third-order valence-corrected chi connectivity index (χ3v) is 4.86. The van der Waals surface area contributed by atoms with E-state index in [0.717, 1.165) is 44.9 Å². The first-order chi connectivity index (χ1) is 9.11. The molecule has 19 heavy (non-hydrogen) atoms. The minimum Gasteiger partial charge on any atom is -0.341 e. The average molecular weight is 267 g/mol. The molecule has 2 saturated heterocycles. The van der Waals surface area contributed by atoms with E-state index in [9.17, 15) is 4.79 Å². The predicted octanol–water partition coefficient (Wildman–Crippen LogP) is 1.32. The van der Waals surface area contributed by atoms with E-state index in [-0.39, 0.29) is 6.04 Å². The second-order valence-corrected chi connectivity index (χ2v) is 6.31. The molecule has 110 valence electrons. The minimum atomic E-state index is 0.0459. The van der Waals surface area contributed by atoms with Crippen molar-refractivity contribution in [3.05, 3.63) is 0 Å². The summed E-state index contributed by atoms with van der Waals surface area (Å²) in [6.45, 7) is 8.34. The number of likely N-dealkylation sites (N-methyl/N-ethyl adjacent to an activating group) is 1. The average Bonchev–Trinajstić information content (AvgIpc) is 2.46. The molecule has 0 saturated carbocycles. The number of piperidine rings is 2. The highest BCUT2D eigenvalue weighted by atomic mass is 16.2. The van der Waals surface area contributed by atoms with E-state index in [1.807, 2.05) is 7.05 Å². The van der Waals surface area contributed by atoms with Crippen molar-refractivity contribution in [2.24, 2.45) is 5.92 Å². The van der Waals surface area contributed by atoms with Gasteiger partial charge in [0.05, 0.1) is 6.04 Å². The molecule has 0 aromatic carbocycles. The largest absolute Gasteiger partial charge is 0.341 e. The SMILES string of the molecule is CNC1CCCN(C(C)C(=O)N2CCC(C)CC2)C1. The lowest BCUT2D eigenvalue weighted by molar-refractivity contribution is -0.138. The topological polar surface area (TPSA) is 35.6 Å². The monoisotopic (exact) mass is 267 g/mol. The van der Waals surface area contributed by atoms with Crippen LogP contribution in [0.1, 0.15) is 39.5 Å². The van der Waals surface area contributed by atoms with Crippen LogP contribution in [-0.4, -0.2) is 61.0 Å². The number of nitrogens with zero attached hydrogens (tertiary/aromatic N) is 2. The first-order valence-electron chi connectivity index (χ1n) is 7.82. The number of rotatable bonds is 3. The first kappa shape index (κ1) is 14.8. The summed E-state index contributed by atoms with van der Waals surface area (Å²) in [7, 11) is 2.02. The molecule has 2 aliphatic heterocycles. The van der Waals surface area contributed by atoms with E-state index in [2.05, 4.69) is 29.0 Å². The molecule has 0 aliphatic carbocycles. The van der Waals surface area contributed by atoms with Gasteiger partial charge in [-0.15, -0.1) is 0 Å². The lowest BCUT2D eigenvalue weighted by Gasteiger charge is -2.39. The molecule has 1 N–H and O–H groups in total. The fraction of sp³-hybridized carbons (Fsp3) is 0.933. The zero-order valence-electron chi connectivity index (χ0n) is 12.7. The van der Waals surface area contributed by atoms with Gasteiger partial charge in [-0.1, -0.05) is 6.92 Å². The number of likely N-dealkylation sites (tertiary alicyclic amines) is 2. The van der Waals surface area contributed by atoms with Crippen LogP contribution in [0.4, 0.5) is 0 Å². The molecule has 0 spiro atoms. The molecule has 4 nitrogen and oxygen atoms in total. The Balaban J connectivity index is 1.87. The van der Waals surface area contributed by atoms with Crippen LogP contribution >= 0.6 is 0 Å². The van der Waals surface area contributed by atoms with Crippen molar-refractivity contribution in [2.45, 2.75) is 51.6 Å². The van der Waals surface area contributed by atoms with Gasteiger partial charge in [-0.2, -0.15) is 0 Å². The van der Waals surface area contributed by atoms with Gasteiger partial charge in [0.2, 0.25) is 5.91 Å². The van der Waals surface area contributed by atoms with Gasteiger partial charge in [-0.05, 0) is 52.1 Å². The quantitative estimate of drug-likeness (QED) is 0.837. The van der Waals surface area contributed by atoms with Crippen molar-refractivity contribution in [3.63, 3.8) is 0 Å². The van der Waals surface area contributed by atoms with Crippen molar-refractivity contribution in [3.8, 4) is 0 Å². The van der Waals surface area contributed by atoms with Crippen LogP contribution in [0.25, 0.3) is 0 Å². The lowest BCUT2D eigenvalue weighted by atomic mass is 9.98. The van der Waals surface area contributed by atoms with Gasteiger partial charge in [0, 0.05) is 25.7 Å². The first-order valence-corrected chi connectivity index (χ1v) is 7.82. The Morgan fingerprint density at radius 1 is 1.21 bits per heavy atom. The molecule has 2 rings (SSSR count). The van der Waals surface area contributed by atoms with Crippen molar-refractivity contribution in [1.29, 1.82) is 0 Å². The van der Waals surface area contributed by atoms with E-state index >= 15 is 0 Å². The predicted molar refractivity (Wildman–Crippen MR) is 78.1 cm³/mol. The number of carbonyl (C=O) groups excluding carboxylic acids is 1. The van der Waals surface area contributed by atoms with Crippen molar-refractivity contribution in [1.82, 2.24) is 15.1 Å². The number of hydrogen-bond acceptors (Lipinski definition) is 3. The fourth-order valence-electron chi connectivity index (χ4n) is 3.24. The Hall–Kier alpha value is -0.610. The highest BCUT2D eigenvalue weighted by Crippen LogP contribution is 2.19. The molecule has 2 aliphatic rings. The number of nitrogens with one attached hydrogen (secondary N) is 1. The van der Waals surface area contributed by atoms with Crippen LogP contribution in [0.5, 0.6) is 0 Å². The van der Waals surface area contributed by atoms with Crippen LogP contribution in [0.15, 0.2) is 0 Å². The molecule has 0 aromatic heterocycles. The maximum atomic E-state index is 12.6. The number of amides is 1. The zero-order chi connectivity index (χ0) is 13.8. The highest BCUT2D eigenvalue weighted by molar-refractivity contribution is 5.81. The Kier molecular flexibility index (Phi) is 5.22. The summed E-state index contributed by atoms with van der Waals surface area (Å²) in [6, 6.07) is 0.593. The van der Waals surface area contributed by atoms with Gasteiger partial charge in [-0.3, -0.25) is 9.69 Å². The second kappa shape index (κ2) is 6.71. The Morgan fingerprint density at radius 3 is 2.53 bits per heavy atom. The molecule has 2 atom stereocenters. The number of carbonyl (C=O) groups is 1. The molecule has 1 amide bonds. The highest BCUT2D eigenvalue weighted by Gasteiger charge is 2.30. The summed E-state index contributed by atoms with van der Waals surface area (Å²) >= 11 is 0. The molecule has 2 heterocycles. The van der Waals surface area contributed by atoms with Crippen molar-refractivity contribution in [2.75, 3.05) is 33.2 Å². The summed E-state index contributed by atoms with van der Waals surface area (Å²) in [4.78, 5) is 17.0. The number of hydrogen-bond donors (Lipinski definition) is 1. The summed E-state index contributed by atoms with van der Waals surface area (Å²) in [5.74, 6) is 1.12. The van der Waals surface area contributed by atoms with Crippen molar-refractivity contribution < 1.29 is 4.79 Å². The molecule has 0 aromatic rings.